The zero-order valence-corrected chi connectivity index (χ0v) is 18.5. The van der Waals surface area contributed by atoms with Crippen LogP contribution in [0.5, 0.6) is 5.75 Å². The molecule has 0 bridgehead atoms. The van der Waals surface area contributed by atoms with Gasteiger partial charge in [0, 0.05) is 22.0 Å². The van der Waals surface area contributed by atoms with Crippen LogP contribution < -0.4 is 29.8 Å². The third-order valence-corrected chi connectivity index (χ3v) is 6.87. The normalized spacial score (nSPS) is 16.5. The van der Waals surface area contributed by atoms with Crippen LogP contribution >= 0.6 is 22.9 Å². The molecule has 0 unspecified atom stereocenters. The van der Waals surface area contributed by atoms with Crippen molar-refractivity contribution < 1.29 is 9.53 Å². The summed E-state index contributed by atoms with van der Waals surface area (Å²) in [6.07, 6.45) is 0. The van der Waals surface area contributed by atoms with Gasteiger partial charge in [-0.05, 0) is 49.7 Å². The highest BCUT2D eigenvalue weighted by molar-refractivity contribution is 7.07. The van der Waals surface area contributed by atoms with E-state index in [1.807, 2.05) is 36.9 Å². The van der Waals surface area contributed by atoms with Crippen molar-refractivity contribution >= 4 is 45.8 Å². The highest BCUT2D eigenvalue weighted by Crippen LogP contribution is 2.33. The molecule has 2 aliphatic rings. The number of hydrogen-bond acceptors (Lipinski definition) is 6. The molecule has 0 saturated heterocycles. The molecular weight excluding hydrogens is 436 g/mol. The first kappa shape index (κ1) is 19.8. The van der Waals surface area contributed by atoms with Gasteiger partial charge in [0.15, 0.2) is 4.80 Å². The first-order valence-electron chi connectivity index (χ1n) is 9.84. The lowest BCUT2D eigenvalue weighted by Gasteiger charge is -2.26. The number of nitrogens with one attached hydrogen (secondary N) is 1. The molecule has 2 aliphatic heterocycles. The standard InChI is InChI=1S/C22H19ClN4O3S/c1-3-30-14-6-7-17-15(9-14)18(20(28)25-17)19-21(29)27-11-26(10-24-22(27)31-19)13-5-4-12(2)16(23)8-13/h4-9H,3,10-11H2,1-2H3,(H,25,28). The van der Waals surface area contributed by atoms with Crippen LogP contribution in [0, 0.1) is 6.92 Å². The van der Waals surface area contributed by atoms with Crippen LogP contribution in [-0.2, 0) is 11.5 Å². The molecule has 9 heteroatoms. The molecule has 0 aliphatic carbocycles. The summed E-state index contributed by atoms with van der Waals surface area (Å²) < 4.78 is 7.56. The molecule has 0 fully saturated rings. The first-order valence-corrected chi connectivity index (χ1v) is 11.0. The predicted molar refractivity (Wildman–Crippen MR) is 122 cm³/mol. The Labute approximate surface area is 186 Å². The van der Waals surface area contributed by atoms with Crippen molar-refractivity contribution in [2.45, 2.75) is 20.5 Å². The Hall–Kier alpha value is -3.10. The summed E-state index contributed by atoms with van der Waals surface area (Å²) in [6.45, 7) is 5.11. The molecule has 0 spiro atoms. The summed E-state index contributed by atoms with van der Waals surface area (Å²) in [5, 5.41) is 3.51. The average Bonchev–Trinajstić information content (AvgIpc) is 3.25. The minimum atomic E-state index is -0.290. The smallest absolute Gasteiger partial charge is 0.272 e. The fraction of sp³-hybridized carbons (Fsp3) is 0.227. The van der Waals surface area contributed by atoms with Gasteiger partial charge in [-0.25, -0.2) is 4.99 Å². The summed E-state index contributed by atoms with van der Waals surface area (Å²) in [5.74, 6) is 0.367. The number of aryl methyl sites for hydroxylation is 1. The number of amides is 1. The lowest BCUT2D eigenvalue weighted by atomic mass is 10.1. The van der Waals surface area contributed by atoms with Gasteiger partial charge in [0.2, 0.25) is 0 Å². The van der Waals surface area contributed by atoms with Crippen molar-refractivity contribution in [2.24, 2.45) is 4.99 Å². The largest absolute Gasteiger partial charge is 0.494 e. The number of anilines is 2. The summed E-state index contributed by atoms with van der Waals surface area (Å²) in [5.41, 5.74) is 3.37. The van der Waals surface area contributed by atoms with Crippen molar-refractivity contribution in [1.82, 2.24) is 4.57 Å². The number of halogens is 1. The Morgan fingerprint density at radius 2 is 2.06 bits per heavy atom. The molecule has 1 aromatic heterocycles. The van der Waals surface area contributed by atoms with Gasteiger partial charge in [0.05, 0.1) is 12.2 Å². The number of fused-ring (bicyclic) bond motifs is 2. The van der Waals surface area contributed by atoms with Gasteiger partial charge < -0.3 is 15.0 Å². The van der Waals surface area contributed by atoms with E-state index in [2.05, 4.69) is 10.3 Å². The maximum atomic E-state index is 13.3. The molecule has 5 rings (SSSR count). The van der Waals surface area contributed by atoms with Crippen LogP contribution in [0.3, 0.4) is 0 Å². The van der Waals surface area contributed by atoms with E-state index in [4.69, 9.17) is 16.3 Å². The van der Waals surface area contributed by atoms with Crippen molar-refractivity contribution in [3.63, 3.8) is 0 Å². The molecule has 0 radical (unpaired) electrons. The van der Waals surface area contributed by atoms with Crippen molar-refractivity contribution in [3.8, 4) is 5.75 Å². The van der Waals surface area contributed by atoms with Crippen LogP contribution in [0.2, 0.25) is 5.02 Å². The van der Waals surface area contributed by atoms with Crippen LogP contribution in [0.25, 0.3) is 5.57 Å². The fourth-order valence-electron chi connectivity index (χ4n) is 3.73. The number of ether oxygens (including phenoxy) is 1. The Balaban J connectivity index is 1.61. The Kier molecular flexibility index (Phi) is 4.83. The van der Waals surface area contributed by atoms with Crippen LogP contribution in [0.1, 0.15) is 18.1 Å². The Morgan fingerprint density at radius 3 is 2.84 bits per heavy atom. The topological polar surface area (TPSA) is 75.9 Å². The van der Waals surface area contributed by atoms with E-state index < -0.39 is 0 Å². The van der Waals surface area contributed by atoms with E-state index in [0.29, 0.717) is 56.9 Å². The molecule has 1 amide bonds. The average molecular weight is 455 g/mol. The molecule has 0 atom stereocenters. The van der Waals surface area contributed by atoms with Crippen molar-refractivity contribution in [3.05, 3.63) is 72.2 Å². The SMILES string of the molecule is CCOc1ccc2c(c1)C(=c1sc3n(c1=O)CN(c1ccc(C)c(Cl)c1)CN=3)C(=O)N2. The van der Waals surface area contributed by atoms with Gasteiger partial charge >= 0.3 is 0 Å². The molecular formula is C22H19ClN4O3S. The second-order valence-electron chi connectivity index (χ2n) is 7.33. The highest BCUT2D eigenvalue weighted by atomic mass is 35.5. The van der Waals surface area contributed by atoms with E-state index in [1.165, 1.54) is 11.3 Å². The number of nitrogens with zero attached hydrogens (tertiary/aromatic N) is 3. The second-order valence-corrected chi connectivity index (χ2v) is 8.72. The molecule has 31 heavy (non-hydrogen) atoms. The molecule has 158 valence electrons. The number of thiazole rings is 1. The molecule has 3 heterocycles. The number of aromatic nitrogens is 1. The van der Waals surface area contributed by atoms with E-state index >= 15 is 0 Å². The van der Waals surface area contributed by atoms with Crippen LogP contribution in [-0.4, -0.2) is 23.7 Å². The van der Waals surface area contributed by atoms with Crippen molar-refractivity contribution in [2.75, 3.05) is 23.5 Å². The first-order chi connectivity index (χ1) is 15.0. The van der Waals surface area contributed by atoms with Gasteiger partial charge in [-0.2, -0.15) is 0 Å². The van der Waals surface area contributed by atoms with Gasteiger partial charge in [0.25, 0.3) is 11.5 Å². The van der Waals surface area contributed by atoms with Gasteiger partial charge in [0.1, 0.15) is 23.6 Å². The summed E-state index contributed by atoms with van der Waals surface area (Å²) in [7, 11) is 0. The number of benzene rings is 2. The second kappa shape index (κ2) is 7.55. The maximum Gasteiger partial charge on any atom is 0.272 e. The van der Waals surface area contributed by atoms with E-state index in [1.54, 1.807) is 22.8 Å². The van der Waals surface area contributed by atoms with E-state index in [9.17, 15) is 9.59 Å². The lowest BCUT2D eigenvalue weighted by molar-refractivity contribution is -0.110. The molecule has 0 saturated carbocycles. The minimum absolute atomic E-state index is 0.230. The summed E-state index contributed by atoms with van der Waals surface area (Å²) in [6, 6.07) is 11.2. The Bertz CT molecular complexity index is 1410. The van der Waals surface area contributed by atoms with Crippen LogP contribution in [0.15, 0.2) is 46.2 Å². The number of rotatable bonds is 3. The molecule has 3 aromatic rings. The monoisotopic (exact) mass is 454 g/mol. The predicted octanol–water partition coefficient (Wildman–Crippen LogP) is 2.48. The molecule has 7 nitrogen and oxygen atoms in total. The lowest BCUT2D eigenvalue weighted by Crippen LogP contribution is -2.43. The van der Waals surface area contributed by atoms with Crippen molar-refractivity contribution in [1.29, 1.82) is 0 Å². The zero-order chi connectivity index (χ0) is 21.7. The van der Waals surface area contributed by atoms with Gasteiger partial charge in [-0.15, -0.1) is 0 Å². The molecule has 1 N–H and O–H groups in total. The molecule has 2 aromatic carbocycles. The third-order valence-electron chi connectivity index (χ3n) is 5.35. The van der Waals surface area contributed by atoms with Gasteiger partial charge in [-0.1, -0.05) is 29.0 Å². The number of hydrogen-bond donors (Lipinski definition) is 1. The van der Waals surface area contributed by atoms with E-state index in [0.717, 1.165) is 11.3 Å². The minimum Gasteiger partial charge on any atom is -0.494 e. The fourth-order valence-corrected chi connectivity index (χ4v) is 4.96. The Morgan fingerprint density at radius 1 is 1.23 bits per heavy atom. The number of carbonyl (C=O) groups excluding carboxylic acids is 1. The maximum absolute atomic E-state index is 13.3. The zero-order valence-electron chi connectivity index (χ0n) is 16.9. The highest BCUT2D eigenvalue weighted by Gasteiger charge is 2.28. The summed E-state index contributed by atoms with van der Waals surface area (Å²) >= 11 is 7.51. The van der Waals surface area contributed by atoms with Gasteiger partial charge in [-0.3, -0.25) is 14.2 Å². The number of carbonyl (C=O) groups is 1. The van der Waals surface area contributed by atoms with E-state index in [-0.39, 0.29) is 11.5 Å². The summed E-state index contributed by atoms with van der Waals surface area (Å²) in [4.78, 5) is 33.2. The quantitative estimate of drug-likeness (QED) is 0.659. The third kappa shape index (κ3) is 3.32. The van der Waals surface area contributed by atoms with Crippen LogP contribution in [0.4, 0.5) is 11.4 Å².